The van der Waals surface area contributed by atoms with Gasteiger partial charge in [-0.15, -0.1) is 0 Å². The summed E-state index contributed by atoms with van der Waals surface area (Å²) in [5.41, 5.74) is 0. The predicted molar refractivity (Wildman–Crippen MR) is 38.1 cm³/mol. The second-order valence-corrected chi connectivity index (χ2v) is 2.66. The molecule has 0 amide bonds. The summed E-state index contributed by atoms with van der Waals surface area (Å²) >= 11 is 0. The predicted octanol–water partition coefficient (Wildman–Crippen LogP) is -0.539. The van der Waals surface area contributed by atoms with E-state index in [1.165, 1.54) is 0 Å². The number of nitrogens with one attached hydrogen (secondary N) is 3. The van der Waals surface area contributed by atoms with Crippen LogP contribution in [0.5, 0.6) is 0 Å². The summed E-state index contributed by atoms with van der Waals surface area (Å²) < 4.78 is 0. The van der Waals surface area contributed by atoms with E-state index in [1.807, 2.05) is 0 Å². The van der Waals surface area contributed by atoms with Gasteiger partial charge in [0.2, 0.25) is 0 Å². The van der Waals surface area contributed by atoms with Gasteiger partial charge in [0.25, 0.3) is 0 Å². The normalized spacial score (nSPS) is 21.7. The molecule has 1 aliphatic heterocycles. The smallest absolute Gasteiger partial charge is 0.112 e. The molecule has 1 fully saturated rings. The molecule has 0 aliphatic carbocycles. The maximum Gasteiger partial charge on any atom is 0.112 e. The fourth-order valence-electron chi connectivity index (χ4n) is 0.956. The Morgan fingerprint density at radius 2 is 1.89 bits per heavy atom. The van der Waals surface area contributed by atoms with Crippen LogP contribution in [0.3, 0.4) is 0 Å². The lowest BCUT2D eigenvalue weighted by Gasteiger charge is -2.15. The number of hydrogen-bond acceptors (Lipinski definition) is 3. The van der Waals surface area contributed by atoms with E-state index in [0.717, 1.165) is 13.1 Å². The minimum atomic E-state index is 0.338. The Bertz CT molecular complexity index is 76.4. The Morgan fingerprint density at radius 3 is 2.33 bits per heavy atom. The molecule has 3 heteroatoms. The molecule has 0 bridgehead atoms. The Kier molecular flexibility index (Phi) is 2.45. The van der Waals surface area contributed by atoms with E-state index in [0.29, 0.717) is 12.3 Å². The van der Waals surface area contributed by atoms with Gasteiger partial charge in [-0.2, -0.15) is 0 Å². The van der Waals surface area contributed by atoms with Crippen molar-refractivity contribution in [3.05, 3.63) is 0 Å². The molecular formula is C6H15N3. The highest BCUT2D eigenvalue weighted by Gasteiger charge is 2.11. The van der Waals surface area contributed by atoms with Crippen molar-refractivity contribution in [2.45, 2.75) is 26.2 Å². The summed E-state index contributed by atoms with van der Waals surface area (Å²) in [6.07, 6.45) is 0.338. The Morgan fingerprint density at radius 1 is 1.33 bits per heavy atom. The first-order chi connectivity index (χ1) is 4.29. The molecule has 1 saturated heterocycles. The third-order valence-corrected chi connectivity index (χ3v) is 1.32. The van der Waals surface area contributed by atoms with Crippen molar-refractivity contribution in [1.29, 1.82) is 0 Å². The molecule has 54 valence electrons. The van der Waals surface area contributed by atoms with Crippen molar-refractivity contribution in [2.75, 3.05) is 13.1 Å². The minimum Gasteiger partial charge on any atom is -0.288 e. The average molecular weight is 129 g/mol. The summed E-state index contributed by atoms with van der Waals surface area (Å²) in [7, 11) is 0. The zero-order valence-corrected chi connectivity index (χ0v) is 6.07. The summed E-state index contributed by atoms with van der Waals surface area (Å²) in [4.78, 5) is 0. The van der Waals surface area contributed by atoms with Crippen LogP contribution >= 0.6 is 0 Å². The molecule has 9 heavy (non-hydrogen) atoms. The molecule has 0 spiro atoms. The van der Waals surface area contributed by atoms with Crippen LogP contribution in [0.15, 0.2) is 0 Å². The highest BCUT2D eigenvalue weighted by atomic mass is 15.3. The zero-order chi connectivity index (χ0) is 6.69. The first-order valence-corrected chi connectivity index (χ1v) is 3.52. The van der Waals surface area contributed by atoms with E-state index in [-0.39, 0.29) is 0 Å². The largest absolute Gasteiger partial charge is 0.288 e. The first-order valence-electron chi connectivity index (χ1n) is 3.52. The van der Waals surface area contributed by atoms with Gasteiger partial charge in [0.15, 0.2) is 0 Å². The van der Waals surface area contributed by atoms with E-state index in [4.69, 9.17) is 0 Å². The standard InChI is InChI=1S/C6H15N3/c1-5(2)9-6-7-3-4-8-6/h5-9H,3-4H2,1-2H3. The Balaban J connectivity index is 2.11. The van der Waals surface area contributed by atoms with E-state index >= 15 is 0 Å². The van der Waals surface area contributed by atoms with Crippen LogP contribution in [-0.2, 0) is 0 Å². The number of rotatable bonds is 2. The molecular weight excluding hydrogens is 114 g/mol. The van der Waals surface area contributed by atoms with Gasteiger partial charge >= 0.3 is 0 Å². The van der Waals surface area contributed by atoms with Crippen molar-refractivity contribution in [3.8, 4) is 0 Å². The number of hydrogen-bond donors (Lipinski definition) is 3. The third kappa shape index (κ3) is 2.30. The molecule has 0 aromatic heterocycles. The van der Waals surface area contributed by atoms with Gasteiger partial charge in [0.1, 0.15) is 6.29 Å². The molecule has 0 unspecified atom stereocenters. The van der Waals surface area contributed by atoms with E-state index in [1.54, 1.807) is 0 Å². The summed E-state index contributed by atoms with van der Waals surface area (Å²) in [5.74, 6) is 0. The SMILES string of the molecule is CC(C)NC1NCCN1. The fourth-order valence-corrected chi connectivity index (χ4v) is 0.956. The average Bonchev–Trinajstić information content (AvgIpc) is 2.15. The second kappa shape index (κ2) is 3.15. The third-order valence-electron chi connectivity index (χ3n) is 1.32. The molecule has 1 aliphatic rings. The second-order valence-electron chi connectivity index (χ2n) is 2.66. The van der Waals surface area contributed by atoms with Crippen molar-refractivity contribution in [3.63, 3.8) is 0 Å². The van der Waals surface area contributed by atoms with Gasteiger partial charge in [-0.05, 0) is 13.8 Å². The van der Waals surface area contributed by atoms with Crippen LogP contribution < -0.4 is 16.0 Å². The summed E-state index contributed by atoms with van der Waals surface area (Å²) in [5, 5.41) is 9.85. The van der Waals surface area contributed by atoms with Crippen LogP contribution in [-0.4, -0.2) is 25.4 Å². The highest BCUT2D eigenvalue weighted by molar-refractivity contribution is 4.71. The molecule has 3 N–H and O–H groups in total. The van der Waals surface area contributed by atoms with Crippen LogP contribution in [0.2, 0.25) is 0 Å². The molecule has 1 rings (SSSR count). The maximum absolute atomic E-state index is 3.32. The highest BCUT2D eigenvalue weighted by Crippen LogP contribution is 1.83. The van der Waals surface area contributed by atoms with Crippen LogP contribution in [0, 0.1) is 0 Å². The zero-order valence-electron chi connectivity index (χ0n) is 6.07. The summed E-state index contributed by atoms with van der Waals surface area (Å²) in [6, 6.07) is 0.549. The van der Waals surface area contributed by atoms with Crippen molar-refractivity contribution >= 4 is 0 Å². The lowest BCUT2D eigenvalue weighted by molar-refractivity contribution is 0.407. The van der Waals surface area contributed by atoms with E-state index < -0.39 is 0 Å². The first kappa shape index (κ1) is 6.99. The van der Waals surface area contributed by atoms with Crippen LogP contribution in [0.4, 0.5) is 0 Å². The van der Waals surface area contributed by atoms with Crippen molar-refractivity contribution in [1.82, 2.24) is 16.0 Å². The quantitative estimate of drug-likeness (QED) is 0.468. The molecule has 0 atom stereocenters. The monoisotopic (exact) mass is 129 g/mol. The van der Waals surface area contributed by atoms with Gasteiger partial charge in [0, 0.05) is 19.1 Å². The Hall–Kier alpha value is -0.120. The van der Waals surface area contributed by atoms with E-state index in [9.17, 15) is 0 Å². The van der Waals surface area contributed by atoms with Gasteiger partial charge in [0.05, 0.1) is 0 Å². The van der Waals surface area contributed by atoms with E-state index in [2.05, 4.69) is 29.8 Å². The van der Waals surface area contributed by atoms with Crippen molar-refractivity contribution in [2.24, 2.45) is 0 Å². The van der Waals surface area contributed by atoms with Gasteiger partial charge in [-0.1, -0.05) is 0 Å². The molecule has 3 nitrogen and oxygen atoms in total. The fraction of sp³-hybridized carbons (Fsp3) is 1.00. The molecule has 0 saturated carbocycles. The van der Waals surface area contributed by atoms with Crippen LogP contribution in [0.25, 0.3) is 0 Å². The maximum atomic E-state index is 3.32. The minimum absolute atomic E-state index is 0.338. The lowest BCUT2D eigenvalue weighted by Crippen LogP contribution is -2.48. The molecule has 1 heterocycles. The lowest BCUT2D eigenvalue weighted by atomic mass is 10.4. The molecule has 0 aromatic rings. The van der Waals surface area contributed by atoms with Gasteiger partial charge in [-0.3, -0.25) is 16.0 Å². The Labute approximate surface area is 56.2 Å². The van der Waals surface area contributed by atoms with Crippen molar-refractivity contribution < 1.29 is 0 Å². The molecule has 0 aromatic carbocycles. The van der Waals surface area contributed by atoms with Crippen LogP contribution in [0.1, 0.15) is 13.8 Å². The summed E-state index contributed by atoms with van der Waals surface area (Å²) in [6.45, 7) is 6.43. The molecule has 0 radical (unpaired) electrons. The topological polar surface area (TPSA) is 36.1 Å². The van der Waals surface area contributed by atoms with Gasteiger partial charge in [-0.25, -0.2) is 0 Å². The van der Waals surface area contributed by atoms with Gasteiger partial charge < -0.3 is 0 Å².